The highest BCUT2D eigenvalue weighted by molar-refractivity contribution is 5.75. The minimum Gasteiger partial charge on any atom is -0.391 e. The topological polar surface area (TPSA) is 49.3 Å². The number of nitrogens with zero attached hydrogens (tertiary/aromatic N) is 1. The van der Waals surface area contributed by atoms with Crippen molar-refractivity contribution in [2.24, 2.45) is 0 Å². The first-order valence-electron chi connectivity index (χ1n) is 10.4. The van der Waals surface area contributed by atoms with Crippen LogP contribution in [0.2, 0.25) is 0 Å². The normalized spacial score (nSPS) is 11.7. The lowest BCUT2D eigenvalue weighted by Gasteiger charge is -2.36. The number of rotatable bonds is 17. The van der Waals surface area contributed by atoms with Gasteiger partial charge in [-0.25, -0.2) is 0 Å². The van der Waals surface area contributed by atoms with Gasteiger partial charge in [0.15, 0.2) is 6.67 Å². The zero-order valence-corrected chi connectivity index (χ0v) is 16.6. The van der Waals surface area contributed by atoms with Gasteiger partial charge in [0.1, 0.15) is 6.54 Å². The lowest BCUT2D eigenvalue weighted by Crippen LogP contribution is -2.55. The van der Waals surface area contributed by atoms with Crippen LogP contribution in [0.5, 0.6) is 0 Å². The fourth-order valence-electron chi connectivity index (χ4n) is 3.17. The van der Waals surface area contributed by atoms with E-state index in [-0.39, 0.29) is 12.5 Å². The average molecular weight is 344 g/mol. The van der Waals surface area contributed by atoms with Crippen LogP contribution in [0, 0.1) is 0 Å². The van der Waals surface area contributed by atoms with Crippen LogP contribution < -0.4 is 5.32 Å². The fraction of sp³-hybridized carbons (Fsp3) is 0.950. The number of amides is 1. The Morgan fingerprint density at radius 3 is 1.79 bits per heavy atom. The molecule has 2 N–H and O–H groups in total. The molecule has 0 aromatic heterocycles. The first-order valence-corrected chi connectivity index (χ1v) is 10.4. The minimum atomic E-state index is 0.164. The summed E-state index contributed by atoms with van der Waals surface area (Å²) in [5.41, 5.74) is 0. The molecule has 144 valence electrons. The Balaban J connectivity index is 3.59. The number of carbonyl (C=O) groups excluding carboxylic acids is 1. The molecule has 0 saturated carbocycles. The van der Waals surface area contributed by atoms with Gasteiger partial charge in [-0.3, -0.25) is 4.79 Å². The van der Waals surface area contributed by atoms with E-state index in [0.717, 1.165) is 24.0 Å². The van der Waals surface area contributed by atoms with Crippen molar-refractivity contribution in [2.75, 3.05) is 32.9 Å². The van der Waals surface area contributed by atoms with Gasteiger partial charge in [0.2, 0.25) is 5.91 Å². The Morgan fingerprint density at radius 1 is 0.833 bits per heavy atom. The molecule has 0 unspecified atom stereocenters. The second-order valence-corrected chi connectivity index (χ2v) is 7.11. The molecule has 0 aromatic carbocycles. The fourth-order valence-corrected chi connectivity index (χ4v) is 3.17. The van der Waals surface area contributed by atoms with E-state index in [1.807, 2.05) is 0 Å². The molecule has 0 aliphatic carbocycles. The van der Waals surface area contributed by atoms with Crippen LogP contribution in [0.4, 0.5) is 0 Å². The minimum absolute atomic E-state index is 0.164. The van der Waals surface area contributed by atoms with E-state index in [1.54, 1.807) is 0 Å². The summed E-state index contributed by atoms with van der Waals surface area (Å²) in [6.07, 6.45) is 13.6. The van der Waals surface area contributed by atoms with Crippen LogP contribution in [-0.4, -0.2) is 48.4 Å². The van der Waals surface area contributed by atoms with Crippen molar-refractivity contribution in [3.8, 4) is 0 Å². The molecule has 0 bridgehead atoms. The van der Waals surface area contributed by atoms with E-state index in [2.05, 4.69) is 26.1 Å². The van der Waals surface area contributed by atoms with Crippen LogP contribution in [0.15, 0.2) is 0 Å². The van der Waals surface area contributed by atoms with Gasteiger partial charge in [0.25, 0.3) is 0 Å². The predicted molar refractivity (Wildman–Crippen MR) is 103 cm³/mol. The van der Waals surface area contributed by atoms with Crippen molar-refractivity contribution in [2.45, 2.75) is 91.4 Å². The Morgan fingerprint density at radius 2 is 1.33 bits per heavy atom. The highest BCUT2D eigenvalue weighted by Gasteiger charge is 2.22. The number of unbranched alkanes of at least 4 members (excludes halogenated alkanes) is 9. The van der Waals surface area contributed by atoms with E-state index in [9.17, 15) is 9.90 Å². The quantitative estimate of drug-likeness (QED) is 0.236. The second-order valence-electron chi connectivity index (χ2n) is 7.11. The third-order valence-corrected chi connectivity index (χ3v) is 5.29. The number of carbonyl (C=O) groups is 1. The maximum absolute atomic E-state index is 12.0. The van der Waals surface area contributed by atoms with Crippen LogP contribution in [0.1, 0.15) is 91.4 Å². The smallest absolute Gasteiger partial charge is 0.224 e. The highest BCUT2D eigenvalue weighted by Crippen LogP contribution is 2.11. The van der Waals surface area contributed by atoms with E-state index in [0.29, 0.717) is 19.6 Å². The van der Waals surface area contributed by atoms with Gasteiger partial charge in [-0.05, 0) is 20.3 Å². The van der Waals surface area contributed by atoms with Gasteiger partial charge in [-0.15, -0.1) is 0 Å². The summed E-state index contributed by atoms with van der Waals surface area (Å²) in [7, 11) is 0. The molecule has 0 spiro atoms. The number of nitrogens with one attached hydrogen (secondary N) is 1. The van der Waals surface area contributed by atoms with Crippen molar-refractivity contribution in [1.82, 2.24) is 5.32 Å². The number of aliphatic hydroxyl groups excluding tert-OH is 1. The summed E-state index contributed by atoms with van der Waals surface area (Å²) in [5.74, 6) is 0.164. The molecule has 0 atom stereocenters. The van der Waals surface area contributed by atoms with E-state index >= 15 is 0 Å². The highest BCUT2D eigenvalue weighted by atomic mass is 16.3. The zero-order valence-electron chi connectivity index (χ0n) is 16.6. The number of aliphatic hydroxyl groups is 1. The van der Waals surface area contributed by atoms with Gasteiger partial charge in [-0.2, -0.15) is 0 Å². The third-order valence-electron chi connectivity index (χ3n) is 5.29. The second kappa shape index (κ2) is 15.9. The summed E-state index contributed by atoms with van der Waals surface area (Å²) < 4.78 is 0.764. The molecule has 0 fully saturated rings. The van der Waals surface area contributed by atoms with Crippen molar-refractivity contribution >= 4 is 5.91 Å². The van der Waals surface area contributed by atoms with Gasteiger partial charge in [-0.1, -0.05) is 64.7 Å². The van der Waals surface area contributed by atoms with Crippen molar-refractivity contribution in [3.05, 3.63) is 0 Å². The zero-order chi connectivity index (χ0) is 18.1. The molecular formula is C20H43N2O2+. The Hall–Kier alpha value is -0.610. The SMILES string of the molecule is CCCCCCCCCCCCC(=O)NC[N+](CC)(CC)CCO. The van der Waals surface area contributed by atoms with Gasteiger partial charge >= 0.3 is 0 Å². The van der Waals surface area contributed by atoms with Crippen LogP contribution in [-0.2, 0) is 4.79 Å². The molecule has 0 radical (unpaired) electrons. The van der Waals surface area contributed by atoms with Crippen LogP contribution in [0.25, 0.3) is 0 Å². The lowest BCUT2D eigenvalue weighted by molar-refractivity contribution is -0.926. The lowest BCUT2D eigenvalue weighted by atomic mass is 10.1. The maximum atomic E-state index is 12.0. The van der Waals surface area contributed by atoms with Gasteiger partial charge in [0.05, 0.1) is 19.7 Å². The molecule has 1 amide bonds. The van der Waals surface area contributed by atoms with Crippen LogP contribution in [0.3, 0.4) is 0 Å². The molecule has 0 heterocycles. The summed E-state index contributed by atoms with van der Waals surface area (Å²) >= 11 is 0. The Bertz CT molecular complexity index is 291. The van der Waals surface area contributed by atoms with E-state index < -0.39 is 0 Å². The molecule has 4 heteroatoms. The van der Waals surface area contributed by atoms with Crippen molar-refractivity contribution < 1.29 is 14.4 Å². The predicted octanol–water partition coefficient (Wildman–Crippen LogP) is 4.22. The molecule has 0 rings (SSSR count). The van der Waals surface area contributed by atoms with Crippen molar-refractivity contribution in [1.29, 1.82) is 0 Å². The number of quaternary nitrogens is 1. The summed E-state index contributed by atoms with van der Waals surface area (Å²) in [4.78, 5) is 12.0. The summed E-state index contributed by atoms with van der Waals surface area (Å²) in [6, 6.07) is 0. The molecular weight excluding hydrogens is 300 g/mol. The summed E-state index contributed by atoms with van der Waals surface area (Å²) in [6.45, 7) is 9.91. The number of likely N-dealkylation sites (N-methyl/N-ethyl adjacent to an activating group) is 1. The average Bonchev–Trinajstić information content (AvgIpc) is 2.60. The van der Waals surface area contributed by atoms with E-state index in [4.69, 9.17) is 0 Å². The number of hydrogen-bond acceptors (Lipinski definition) is 2. The molecule has 0 aliphatic rings. The standard InChI is InChI=1S/C20H42N2O2/c1-4-7-8-9-10-11-12-13-14-15-16-20(24)21-19-22(5-2,6-3)17-18-23/h23H,4-19H2,1-3H3/p+1. The molecule has 4 nitrogen and oxygen atoms in total. The maximum Gasteiger partial charge on any atom is 0.224 e. The number of hydrogen-bond donors (Lipinski definition) is 2. The monoisotopic (exact) mass is 343 g/mol. The van der Waals surface area contributed by atoms with Gasteiger partial charge < -0.3 is 14.9 Å². The first kappa shape index (κ1) is 23.4. The van der Waals surface area contributed by atoms with Crippen molar-refractivity contribution in [3.63, 3.8) is 0 Å². The molecule has 24 heavy (non-hydrogen) atoms. The van der Waals surface area contributed by atoms with Gasteiger partial charge in [0, 0.05) is 6.42 Å². The van der Waals surface area contributed by atoms with E-state index in [1.165, 1.54) is 57.8 Å². The Labute approximate surface area is 150 Å². The molecule has 0 saturated heterocycles. The van der Waals surface area contributed by atoms with Crippen LogP contribution >= 0.6 is 0 Å². The first-order chi connectivity index (χ1) is 11.6. The molecule has 0 aromatic rings. The largest absolute Gasteiger partial charge is 0.391 e. The Kier molecular flexibility index (Phi) is 15.5. The summed E-state index contributed by atoms with van der Waals surface area (Å²) in [5, 5.41) is 12.3. The molecule has 0 aliphatic heterocycles. The third kappa shape index (κ3) is 11.9.